The molecule has 0 saturated carbocycles. The highest BCUT2D eigenvalue weighted by atomic mass is 16.5. The lowest BCUT2D eigenvalue weighted by Crippen LogP contribution is -2.00. The Morgan fingerprint density at radius 1 is 1.43 bits per heavy atom. The van der Waals surface area contributed by atoms with E-state index >= 15 is 0 Å². The zero-order valence-electron chi connectivity index (χ0n) is 8.03. The summed E-state index contributed by atoms with van der Waals surface area (Å²) < 4.78 is 9.71. The Labute approximate surface area is 81.6 Å². The Morgan fingerprint density at radius 3 is 2.93 bits per heavy atom. The monoisotopic (exact) mass is 190 g/mol. The number of carbonyl (C=O) groups excluding carboxylic acids is 1. The number of carbonyl (C=O) groups is 1. The summed E-state index contributed by atoms with van der Waals surface area (Å²) in [5.74, 6) is -0.329. The summed E-state index contributed by atoms with van der Waals surface area (Å²) in [6, 6.07) is 3.66. The van der Waals surface area contributed by atoms with E-state index in [1.54, 1.807) is 12.5 Å². The van der Waals surface area contributed by atoms with Crippen molar-refractivity contribution in [1.29, 1.82) is 0 Å². The summed E-state index contributed by atoms with van der Waals surface area (Å²) in [7, 11) is 1.37. The lowest BCUT2D eigenvalue weighted by molar-refractivity contribution is 0.0602. The van der Waals surface area contributed by atoms with E-state index in [0.29, 0.717) is 5.56 Å². The van der Waals surface area contributed by atoms with Gasteiger partial charge >= 0.3 is 5.97 Å². The third kappa shape index (κ3) is 1.18. The van der Waals surface area contributed by atoms with Gasteiger partial charge in [-0.15, -0.1) is 0 Å². The third-order valence-electron chi connectivity index (χ3n) is 2.27. The van der Waals surface area contributed by atoms with Crippen LogP contribution >= 0.6 is 0 Å². The molecule has 72 valence electrons. The van der Waals surface area contributed by atoms with Crippen molar-refractivity contribution in [2.24, 2.45) is 0 Å². The molecule has 0 fully saturated rings. The predicted molar refractivity (Wildman–Crippen MR) is 51.4 cm³/mol. The molecule has 0 saturated heterocycles. The second-order valence-electron chi connectivity index (χ2n) is 3.12. The van der Waals surface area contributed by atoms with Crippen LogP contribution in [0.1, 0.15) is 15.9 Å². The molecular weight excluding hydrogens is 180 g/mol. The first kappa shape index (κ1) is 8.81. The molecule has 0 aromatic heterocycles. The predicted octanol–water partition coefficient (Wildman–Crippen LogP) is 2.48. The van der Waals surface area contributed by atoms with Crippen molar-refractivity contribution in [3.63, 3.8) is 0 Å². The summed E-state index contributed by atoms with van der Waals surface area (Å²) in [6.07, 6.45) is 3.16. The maximum Gasteiger partial charge on any atom is 0.338 e. The van der Waals surface area contributed by atoms with Crippen LogP contribution in [-0.4, -0.2) is 13.1 Å². The van der Waals surface area contributed by atoms with Gasteiger partial charge in [0.15, 0.2) is 0 Å². The Morgan fingerprint density at radius 2 is 2.21 bits per heavy atom. The normalized spacial score (nSPS) is 10.4. The molecule has 0 N–H and O–H groups in total. The van der Waals surface area contributed by atoms with Gasteiger partial charge in [0.25, 0.3) is 0 Å². The highest BCUT2D eigenvalue weighted by Gasteiger charge is 2.19. The summed E-state index contributed by atoms with van der Waals surface area (Å²) >= 11 is 0. The molecule has 0 aromatic carbocycles. The zero-order chi connectivity index (χ0) is 10.1. The van der Waals surface area contributed by atoms with Crippen molar-refractivity contribution in [2.75, 3.05) is 7.11 Å². The number of esters is 1. The van der Waals surface area contributed by atoms with E-state index in [9.17, 15) is 4.79 Å². The van der Waals surface area contributed by atoms with E-state index in [1.807, 2.05) is 19.1 Å². The van der Waals surface area contributed by atoms with E-state index in [-0.39, 0.29) is 5.97 Å². The van der Waals surface area contributed by atoms with Crippen LogP contribution in [0.2, 0.25) is 0 Å². The van der Waals surface area contributed by atoms with Crippen LogP contribution in [0.4, 0.5) is 0 Å². The summed E-state index contributed by atoms with van der Waals surface area (Å²) in [6.45, 7) is 1.95. The van der Waals surface area contributed by atoms with Gasteiger partial charge in [-0.2, -0.15) is 0 Å². The zero-order valence-corrected chi connectivity index (χ0v) is 8.03. The van der Waals surface area contributed by atoms with Gasteiger partial charge in [0.1, 0.15) is 0 Å². The van der Waals surface area contributed by atoms with Gasteiger partial charge in [-0.25, -0.2) is 4.79 Å². The Kier molecular flexibility index (Phi) is 2.00. The fraction of sp³-hybridized carbons (Fsp3) is 0.182. The van der Waals surface area contributed by atoms with Crippen molar-refractivity contribution >= 4 is 5.97 Å². The van der Waals surface area contributed by atoms with E-state index < -0.39 is 0 Å². The second-order valence-corrected chi connectivity index (χ2v) is 3.12. The number of fused-ring (bicyclic) bond motifs is 1. The number of hydrogen-bond acceptors (Lipinski definition) is 3. The number of ether oxygens (including phenoxy) is 1. The molecule has 14 heavy (non-hydrogen) atoms. The first-order valence-electron chi connectivity index (χ1n) is 4.28. The summed E-state index contributed by atoms with van der Waals surface area (Å²) in [5.41, 5.74) is 3.44. The molecule has 2 aliphatic rings. The van der Waals surface area contributed by atoms with Gasteiger partial charge < -0.3 is 9.15 Å². The number of methoxy groups -OCH3 is 1. The van der Waals surface area contributed by atoms with E-state index in [4.69, 9.17) is 4.42 Å². The maximum absolute atomic E-state index is 11.4. The molecule has 3 heteroatoms. The van der Waals surface area contributed by atoms with E-state index in [2.05, 4.69) is 4.74 Å². The topological polar surface area (TPSA) is 39.4 Å². The van der Waals surface area contributed by atoms with Gasteiger partial charge in [-0.3, -0.25) is 0 Å². The van der Waals surface area contributed by atoms with Gasteiger partial charge in [-0.1, -0.05) is 0 Å². The first-order valence-corrected chi connectivity index (χ1v) is 4.28. The molecule has 0 spiro atoms. The number of rotatable bonds is 1. The van der Waals surface area contributed by atoms with Crippen LogP contribution < -0.4 is 0 Å². The highest BCUT2D eigenvalue weighted by Crippen LogP contribution is 2.31. The molecule has 0 amide bonds. The van der Waals surface area contributed by atoms with Gasteiger partial charge in [0.05, 0.1) is 25.2 Å². The summed E-state index contributed by atoms with van der Waals surface area (Å²) in [5, 5.41) is 0. The third-order valence-corrected chi connectivity index (χ3v) is 2.27. The lowest BCUT2D eigenvalue weighted by Gasteiger charge is -2.00. The van der Waals surface area contributed by atoms with Crippen LogP contribution in [0, 0.1) is 6.92 Å². The van der Waals surface area contributed by atoms with Gasteiger partial charge in [0.2, 0.25) is 0 Å². The molecule has 3 nitrogen and oxygen atoms in total. The fourth-order valence-corrected chi connectivity index (χ4v) is 1.57. The molecule has 1 aliphatic carbocycles. The Hall–Kier alpha value is -1.77. The highest BCUT2D eigenvalue weighted by molar-refractivity contribution is 5.99. The Bertz CT molecular complexity index is 442. The van der Waals surface area contributed by atoms with Crippen LogP contribution in [0.25, 0.3) is 11.1 Å². The van der Waals surface area contributed by atoms with Crippen LogP contribution in [0.5, 0.6) is 0 Å². The number of hydrogen-bond donors (Lipinski definition) is 0. The van der Waals surface area contributed by atoms with Crippen molar-refractivity contribution < 1.29 is 13.9 Å². The lowest BCUT2D eigenvalue weighted by atomic mass is 10.1. The average Bonchev–Trinajstić information content (AvgIpc) is 2.56. The molecule has 1 heterocycles. The van der Waals surface area contributed by atoms with Crippen LogP contribution in [0.15, 0.2) is 29.1 Å². The standard InChI is InChI=1S/C11H10O3/c1-7-5-9(11(12)13-2)10-6-14-4-3-8(7)10/h3-6H,1-2H3. The SMILES string of the molecule is COC(=O)c1cc(C)c2ccocc1-2. The minimum Gasteiger partial charge on any atom is -0.472 e. The molecule has 0 radical (unpaired) electrons. The van der Waals surface area contributed by atoms with Gasteiger partial charge in [-0.05, 0) is 30.2 Å². The first-order chi connectivity index (χ1) is 6.74. The number of aryl methyl sites for hydroxylation is 1. The molecule has 0 atom stereocenters. The van der Waals surface area contributed by atoms with Crippen LogP contribution in [0.3, 0.4) is 0 Å². The van der Waals surface area contributed by atoms with Crippen molar-refractivity contribution in [3.05, 3.63) is 35.8 Å². The molecule has 0 unspecified atom stereocenters. The second kappa shape index (κ2) is 3.18. The summed E-state index contributed by atoms with van der Waals surface area (Å²) in [4.78, 5) is 11.4. The average molecular weight is 190 g/mol. The smallest absolute Gasteiger partial charge is 0.338 e. The van der Waals surface area contributed by atoms with Crippen LogP contribution in [-0.2, 0) is 4.74 Å². The van der Waals surface area contributed by atoms with Crippen molar-refractivity contribution in [1.82, 2.24) is 0 Å². The van der Waals surface area contributed by atoms with Crippen molar-refractivity contribution in [3.8, 4) is 11.1 Å². The Balaban J connectivity index is 2.63. The quantitative estimate of drug-likeness (QED) is 0.648. The van der Waals surface area contributed by atoms with E-state index in [1.165, 1.54) is 7.11 Å². The van der Waals surface area contributed by atoms with E-state index in [0.717, 1.165) is 16.7 Å². The largest absolute Gasteiger partial charge is 0.472 e. The minimum atomic E-state index is -0.329. The molecule has 2 rings (SSSR count). The fourth-order valence-electron chi connectivity index (χ4n) is 1.57. The van der Waals surface area contributed by atoms with Gasteiger partial charge in [0, 0.05) is 5.56 Å². The molecule has 0 bridgehead atoms. The van der Waals surface area contributed by atoms with Crippen molar-refractivity contribution in [2.45, 2.75) is 6.92 Å². The molecule has 1 aliphatic heterocycles. The maximum atomic E-state index is 11.4. The molecular formula is C11H10O3. The molecule has 0 aromatic rings. The minimum absolute atomic E-state index is 0.329.